The maximum Gasteiger partial charge on any atom is 0.335 e. The molecule has 1 saturated heterocycles. The third kappa shape index (κ3) is 7.55. The van der Waals surface area contributed by atoms with Crippen molar-refractivity contribution in [3.63, 3.8) is 0 Å². The Morgan fingerprint density at radius 3 is 2.76 bits per heavy atom. The largest absolute Gasteiger partial charge is 0.461 e. The summed E-state index contributed by atoms with van der Waals surface area (Å²) in [5.41, 5.74) is 1.28. The van der Waals surface area contributed by atoms with Crippen molar-refractivity contribution in [1.82, 2.24) is 4.90 Å². The van der Waals surface area contributed by atoms with Gasteiger partial charge in [0, 0.05) is 26.2 Å². The summed E-state index contributed by atoms with van der Waals surface area (Å²) in [4.78, 5) is 14.4. The quantitative estimate of drug-likeness (QED) is 0.642. The third-order valence-electron chi connectivity index (χ3n) is 4.28. The number of hydrogen-bond acceptors (Lipinski definition) is 5. The van der Waals surface area contributed by atoms with Crippen molar-refractivity contribution in [3.8, 4) is 0 Å². The summed E-state index contributed by atoms with van der Waals surface area (Å²) in [5.74, 6) is 0.252. The molecule has 0 amide bonds. The highest BCUT2D eigenvalue weighted by molar-refractivity contribution is 5.74. The summed E-state index contributed by atoms with van der Waals surface area (Å²) >= 11 is 0. The fraction of sp³-hybridized carbons (Fsp3) is 0.650. The molecular formula is C20H31NO4. The smallest absolute Gasteiger partial charge is 0.335 e. The van der Waals surface area contributed by atoms with Crippen LogP contribution in [0.5, 0.6) is 0 Å². The summed E-state index contributed by atoms with van der Waals surface area (Å²) < 4.78 is 16.6. The molecule has 1 aliphatic rings. The Balaban J connectivity index is 1.68. The van der Waals surface area contributed by atoms with Gasteiger partial charge < -0.3 is 14.2 Å². The van der Waals surface area contributed by atoms with Crippen LogP contribution < -0.4 is 0 Å². The van der Waals surface area contributed by atoms with Crippen molar-refractivity contribution in [3.05, 3.63) is 35.9 Å². The normalized spacial score (nSPS) is 19.8. The first-order chi connectivity index (χ1) is 12.0. The molecule has 5 nitrogen and oxygen atoms in total. The summed E-state index contributed by atoms with van der Waals surface area (Å²) in [6.45, 7) is 10.1. The van der Waals surface area contributed by atoms with Gasteiger partial charge in [-0.3, -0.25) is 4.90 Å². The maximum atomic E-state index is 12.0. The lowest BCUT2D eigenvalue weighted by atomic mass is 10.1. The van der Waals surface area contributed by atoms with Gasteiger partial charge in [0.2, 0.25) is 0 Å². The molecule has 1 fully saturated rings. The second-order valence-electron chi connectivity index (χ2n) is 7.04. The molecule has 0 N–H and O–H groups in total. The van der Waals surface area contributed by atoms with Crippen LogP contribution in [0, 0.1) is 5.92 Å². The highest BCUT2D eigenvalue weighted by Gasteiger charge is 2.23. The first-order valence-electron chi connectivity index (χ1n) is 9.20. The van der Waals surface area contributed by atoms with Crippen LogP contribution in [-0.4, -0.2) is 56.0 Å². The first kappa shape index (κ1) is 19.9. The summed E-state index contributed by atoms with van der Waals surface area (Å²) in [5, 5.41) is 0. The summed E-state index contributed by atoms with van der Waals surface area (Å²) in [6, 6.07) is 10.4. The number of carbonyl (C=O) groups is 1. The average molecular weight is 349 g/mol. The Labute approximate surface area is 151 Å². The Hall–Kier alpha value is -1.43. The van der Waals surface area contributed by atoms with Gasteiger partial charge in [-0.25, -0.2) is 4.79 Å². The number of rotatable bonds is 9. The molecule has 1 heterocycles. The molecule has 5 heteroatoms. The monoisotopic (exact) mass is 349 g/mol. The topological polar surface area (TPSA) is 48.0 Å². The van der Waals surface area contributed by atoms with Gasteiger partial charge in [0.15, 0.2) is 6.10 Å². The predicted octanol–water partition coefficient (Wildman–Crippen LogP) is 2.88. The highest BCUT2D eigenvalue weighted by Crippen LogP contribution is 2.11. The minimum absolute atomic E-state index is 0.0794. The Kier molecular flexibility index (Phi) is 8.38. The average Bonchev–Trinajstić information content (AvgIpc) is 2.60. The SMILES string of the molecule is CC(C)CCOC(C)C(=O)OCC1CN(Cc2ccccc2)CCO1. The van der Waals surface area contributed by atoms with Gasteiger partial charge in [-0.05, 0) is 24.8 Å². The molecule has 0 spiro atoms. The predicted molar refractivity (Wildman–Crippen MR) is 97.3 cm³/mol. The number of hydrogen-bond donors (Lipinski definition) is 0. The zero-order valence-electron chi connectivity index (χ0n) is 15.6. The zero-order chi connectivity index (χ0) is 18.1. The molecule has 0 bridgehead atoms. The van der Waals surface area contributed by atoms with E-state index >= 15 is 0 Å². The Morgan fingerprint density at radius 1 is 1.28 bits per heavy atom. The molecule has 2 atom stereocenters. The molecule has 140 valence electrons. The van der Waals surface area contributed by atoms with E-state index in [-0.39, 0.29) is 18.7 Å². The minimum atomic E-state index is -0.525. The molecular weight excluding hydrogens is 318 g/mol. The van der Waals surface area contributed by atoms with Gasteiger partial charge >= 0.3 is 5.97 Å². The van der Waals surface area contributed by atoms with Gasteiger partial charge in [0.1, 0.15) is 12.7 Å². The highest BCUT2D eigenvalue weighted by atomic mass is 16.6. The standard InChI is InChI=1S/C20H31NO4/c1-16(2)9-11-23-17(3)20(22)25-15-19-14-21(10-12-24-19)13-18-7-5-4-6-8-18/h4-8,16-17,19H,9-15H2,1-3H3. The van der Waals surface area contributed by atoms with Crippen LogP contribution in [0.15, 0.2) is 30.3 Å². The fourth-order valence-electron chi connectivity index (χ4n) is 2.71. The van der Waals surface area contributed by atoms with Crippen LogP contribution in [0.2, 0.25) is 0 Å². The number of morpholine rings is 1. The number of carbonyl (C=O) groups excluding carboxylic acids is 1. The molecule has 1 aliphatic heterocycles. The van der Waals surface area contributed by atoms with Crippen molar-refractivity contribution in [2.75, 3.05) is 32.9 Å². The molecule has 2 unspecified atom stereocenters. The van der Waals surface area contributed by atoms with Gasteiger partial charge in [0.05, 0.1) is 6.61 Å². The molecule has 1 aromatic rings. The lowest BCUT2D eigenvalue weighted by molar-refractivity contribution is -0.162. The first-order valence-corrected chi connectivity index (χ1v) is 9.20. The molecule has 0 saturated carbocycles. The minimum Gasteiger partial charge on any atom is -0.461 e. The molecule has 0 aliphatic carbocycles. The Bertz CT molecular complexity index is 506. The molecule has 1 aromatic carbocycles. The number of esters is 1. The molecule has 25 heavy (non-hydrogen) atoms. The van der Waals surface area contributed by atoms with E-state index in [1.54, 1.807) is 6.92 Å². The number of benzene rings is 1. The lowest BCUT2D eigenvalue weighted by Crippen LogP contribution is -2.44. The van der Waals surface area contributed by atoms with E-state index in [1.807, 2.05) is 6.07 Å². The molecule has 0 aromatic heterocycles. The van der Waals surface area contributed by atoms with Crippen molar-refractivity contribution in [2.24, 2.45) is 5.92 Å². The van der Waals surface area contributed by atoms with Crippen LogP contribution in [0.3, 0.4) is 0 Å². The van der Waals surface area contributed by atoms with Gasteiger partial charge in [0.25, 0.3) is 0 Å². The van der Waals surface area contributed by atoms with Crippen LogP contribution in [0.25, 0.3) is 0 Å². The van der Waals surface area contributed by atoms with E-state index in [1.165, 1.54) is 5.56 Å². The second-order valence-corrected chi connectivity index (χ2v) is 7.04. The second kappa shape index (κ2) is 10.5. The van der Waals surface area contributed by atoms with Crippen LogP contribution in [0.1, 0.15) is 32.8 Å². The van der Waals surface area contributed by atoms with Crippen LogP contribution >= 0.6 is 0 Å². The molecule has 0 radical (unpaired) electrons. The van der Waals surface area contributed by atoms with Crippen molar-refractivity contribution in [2.45, 2.75) is 45.9 Å². The zero-order valence-corrected chi connectivity index (χ0v) is 15.6. The van der Waals surface area contributed by atoms with Crippen molar-refractivity contribution < 1.29 is 19.0 Å². The van der Waals surface area contributed by atoms with E-state index in [0.29, 0.717) is 19.1 Å². The maximum absolute atomic E-state index is 12.0. The van der Waals surface area contributed by atoms with Gasteiger partial charge in [-0.15, -0.1) is 0 Å². The number of nitrogens with zero attached hydrogens (tertiary/aromatic N) is 1. The summed E-state index contributed by atoms with van der Waals surface area (Å²) in [6.07, 6.45) is 0.338. The fourth-order valence-corrected chi connectivity index (χ4v) is 2.71. The van der Waals surface area contributed by atoms with E-state index in [4.69, 9.17) is 14.2 Å². The van der Waals surface area contributed by atoms with E-state index in [9.17, 15) is 4.79 Å². The van der Waals surface area contributed by atoms with E-state index in [2.05, 4.69) is 43.0 Å². The van der Waals surface area contributed by atoms with E-state index in [0.717, 1.165) is 26.1 Å². The number of ether oxygens (including phenoxy) is 3. The van der Waals surface area contributed by atoms with E-state index < -0.39 is 6.10 Å². The van der Waals surface area contributed by atoms with Crippen molar-refractivity contribution in [1.29, 1.82) is 0 Å². The van der Waals surface area contributed by atoms with Gasteiger partial charge in [-0.2, -0.15) is 0 Å². The van der Waals surface area contributed by atoms with Crippen LogP contribution in [0.4, 0.5) is 0 Å². The van der Waals surface area contributed by atoms with Crippen LogP contribution in [-0.2, 0) is 25.5 Å². The third-order valence-corrected chi connectivity index (χ3v) is 4.28. The summed E-state index contributed by atoms with van der Waals surface area (Å²) in [7, 11) is 0. The van der Waals surface area contributed by atoms with Crippen molar-refractivity contribution >= 4 is 5.97 Å². The Morgan fingerprint density at radius 2 is 2.04 bits per heavy atom. The molecule has 2 rings (SSSR count). The van der Waals surface area contributed by atoms with Gasteiger partial charge in [-0.1, -0.05) is 44.2 Å². The lowest BCUT2D eigenvalue weighted by Gasteiger charge is -2.32.